The minimum Gasteiger partial charge on any atom is -0.353 e. The zero-order chi connectivity index (χ0) is 14.4. The Labute approximate surface area is 122 Å². The molecule has 0 radical (unpaired) electrons. The van der Waals surface area contributed by atoms with Crippen molar-refractivity contribution in [3.63, 3.8) is 0 Å². The number of hydrogen-bond donors (Lipinski definition) is 2. The van der Waals surface area contributed by atoms with Gasteiger partial charge in [-0.2, -0.15) is 0 Å². The average Bonchev–Trinajstić information content (AvgIpc) is 2.33. The molecule has 0 heterocycles. The summed E-state index contributed by atoms with van der Waals surface area (Å²) in [6.07, 6.45) is 0.570. The first-order valence-corrected chi connectivity index (χ1v) is 6.72. The second-order valence-corrected chi connectivity index (χ2v) is 5.07. The molecular formula is C13H16Cl2N2O2. The highest BCUT2D eigenvalue weighted by molar-refractivity contribution is 6.35. The van der Waals surface area contributed by atoms with E-state index < -0.39 is 5.91 Å². The zero-order valence-electron chi connectivity index (χ0n) is 10.8. The van der Waals surface area contributed by atoms with Crippen molar-refractivity contribution in [3.8, 4) is 0 Å². The molecule has 0 aliphatic rings. The van der Waals surface area contributed by atoms with Crippen LogP contribution in [0.2, 0.25) is 10.0 Å². The van der Waals surface area contributed by atoms with Crippen LogP contribution in [0.15, 0.2) is 18.2 Å². The average molecular weight is 303 g/mol. The van der Waals surface area contributed by atoms with E-state index in [0.717, 1.165) is 6.42 Å². The lowest BCUT2D eigenvalue weighted by atomic mass is 10.2. The van der Waals surface area contributed by atoms with Gasteiger partial charge in [-0.25, -0.2) is 0 Å². The minimum atomic E-state index is -0.426. The van der Waals surface area contributed by atoms with Gasteiger partial charge >= 0.3 is 0 Å². The number of nitrogens with one attached hydrogen (secondary N) is 2. The largest absolute Gasteiger partial charge is 0.353 e. The number of carbonyl (C=O) groups excluding carboxylic acids is 2. The molecule has 0 fully saturated rings. The van der Waals surface area contributed by atoms with Crippen LogP contribution < -0.4 is 10.6 Å². The van der Waals surface area contributed by atoms with Gasteiger partial charge in [0.15, 0.2) is 0 Å². The third-order valence-electron chi connectivity index (χ3n) is 2.54. The molecule has 19 heavy (non-hydrogen) atoms. The highest BCUT2D eigenvalue weighted by Crippen LogP contribution is 2.25. The molecular weight excluding hydrogens is 287 g/mol. The smallest absolute Gasteiger partial charge is 0.233 e. The van der Waals surface area contributed by atoms with Gasteiger partial charge in [0.05, 0.1) is 10.7 Å². The summed E-state index contributed by atoms with van der Waals surface area (Å²) in [5.74, 6) is -0.741. The lowest BCUT2D eigenvalue weighted by Gasteiger charge is -2.11. The summed E-state index contributed by atoms with van der Waals surface area (Å²) in [6, 6.07) is 4.79. The van der Waals surface area contributed by atoms with Crippen LogP contribution in [0.5, 0.6) is 0 Å². The molecule has 4 nitrogen and oxygen atoms in total. The first-order chi connectivity index (χ1) is 8.92. The molecule has 2 N–H and O–H groups in total. The highest BCUT2D eigenvalue weighted by Gasteiger charge is 2.12. The first kappa shape index (κ1) is 15.8. The van der Waals surface area contributed by atoms with Crippen LogP contribution >= 0.6 is 23.2 Å². The molecule has 1 atom stereocenters. The second kappa shape index (κ2) is 7.36. The normalized spacial score (nSPS) is 11.8. The Morgan fingerprint density at radius 1 is 1.26 bits per heavy atom. The minimum absolute atomic E-state index is 0.0510. The maximum atomic E-state index is 11.7. The Bertz CT molecular complexity index is 478. The van der Waals surface area contributed by atoms with Gasteiger partial charge in [0.2, 0.25) is 11.8 Å². The fourth-order valence-electron chi connectivity index (χ4n) is 1.36. The predicted molar refractivity (Wildman–Crippen MR) is 77.6 cm³/mol. The number of rotatable bonds is 5. The molecule has 0 bridgehead atoms. The van der Waals surface area contributed by atoms with Gasteiger partial charge in [0.1, 0.15) is 6.42 Å². The molecule has 0 saturated heterocycles. The van der Waals surface area contributed by atoms with Crippen LogP contribution in [0, 0.1) is 0 Å². The third-order valence-corrected chi connectivity index (χ3v) is 3.11. The standard InChI is InChI=1S/C13H16Cl2N2O2/c1-3-8(2)16-12(18)7-13(19)17-11-6-9(14)4-5-10(11)15/h4-6,8H,3,7H2,1-2H3,(H,16,18)(H,17,19). The van der Waals surface area contributed by atoms with Crippen LogP contribution in [0.3, 0.4) is 0 Å². The van der Waals surface area contributed by atoms with Gasteiger partial charge in [-0.1, -0.05) is 30.1 Å². The van der Waals surface area contributed by atoms with E-state index in [1.807, 2.05) is 13.8 Å². The van der Waals surface area contributed by atoms with E-state index in [4.69, 9.17) is 23.2 Å². The molecule has 0 spiro atoms. The fraction of sp³-hybridized carbons (Fsp3) is 0.385. The van der Waals surface area contributed by atoms with E-state index in [-0.39, 0.29) is 18.4 Å². The Kier molecular flexibility index (Phi) is 6.12. The molecule has 0 aliphatic carbocycles. The molecule has 1 aromatic carbocycles. The van der Waals surface area contributed by atoms with Gasteiger partial charge in [0, 0.05) is 11.1 Å². The maximum absolute atomic E-state index is 11.7. The fourth-order valence-corrected chi connectivity index (χ4v) is 1.70. The van der Waals surface area contributed by atoms with Crippen molar-refractivity contribution >= 4 is 40.7 Å². The number of hydrogen-bond acceptors (Lipinski definition) is 2. The SMILES string of the molecule is CCC(C)NC(=O)CC(=O)Nc1cc(Cl)ccc1Cl. The van der Waals surface area contributed by atoms with Crippen molar-refractivity contribution in [1.82, 2.24) is 5.32 Å². The topological polar surface area (TPSA) is 58.2 Å². The van der Waals surface area contributed by atoms with Crippen molar-refractivity contribution < 1.29 is 9.59 Å². The highest BCUT2D eigenvalue weighted by atomic mass is 35.5. The predicted octanol–water partition coefficient (Wildman–Crippen LogP) is 3.24. The van der Waals surface area contributed by atoms with Gasteiger partial charge in [-0.3, -0.25) is 9.59 Å². The van der Waals surface area contributed by atoms with Crippen molar-refractivity contribution in [3.05, 3.63) is 28.2 Å². The summed E-state index contributed by atoms with van der Waals surface area (Å²) in [5.41, 5.74) is 0.399. The summed E-state index contributed by atoms with van der Waals surface area (Å²) < 4.78 is 0. The Morgan fingerprint density at radius 3 is 2.58 bits per heavy atom. The summed E-state index contributed by atoms with van der Waals surface area (Å²) in [5, 5.41) is 6.11. The Hall–Kier alpha value is -1.26. The van der Waals surface area contributed by atoms with Gasteiger partial charge in [-0.05, 0) is 31.5 Å². The number of halogens is 2. The second-order valence-electron chi connectivity index (χ2n) is 4.23. The third kappa shape index (κ3) is 5.49. The van der Waals surface area contributed by atoms with Crippen molar-refractivity contribution in [1.29, 1.82) is 0 Å². The van der Waals surface area contributed by atoms with Crippen LogP contribution in [0.1, 0.15) is 26.7 Å². The molecule has 0 aliphatic heterocycles. The zero-order valence-corrected chi connectivity index (χ0v) is 12.3. The Balaban J connectivity index is 2.55. The van der Waals surface area contributed by atoms with Crippen molar-refractivity contribution in [2.24, 2.45) is 0 Å². The lowest BCUT2D eigenvalue weighted by Crippen LogP contribution is -2.34. The van der Waals surface area contributed by atoms with Gasteiger partial charge < -0.3 is 10.6 Å². The number of benzene rings is 1. The van der Waals surface area contributed by atoms with Crippen LogP contribution in [0.4, 0.5) is 5.69 Å². The number of amides is 2. The van der Waals surface area contributed by atoms with Crippen LogP contribution in [-0.4, -0.2) is 17.9 Å². The summed E-state index contributed by atoms with van der Waals surface area (Å²) >= 11 is 11.7. The molecule has 104 valence electrons. The van der Waals surface area contributed by atoms with E-state index in [1.165, 1.54) is 6.07 Å². The Morgan fingerprint density at radius 2 is 1.95 bits per heavy atom. The number of anilines is 1. The first-order valence-electron chi connectivity index (χ1n) is 5.96. The van der Waals surface area contributed by atoms with E-state index in [1.54, 1.807) is 12.1 Å². The summed E-state index contributed by atoms with van der Waals surface area (Å²) in [7, 11) is 0. The lowest BCUT2D eigenvalue weighted by molar-refractivity contribution is -0.127. The summed E-state index contributed by atoms with van der Waals surface area (Å²) in [6.45, 7) is 3.83. The van der Waals surface area contributed by atoms with Crippen molar-refractivity contribution in [2.75, 3.05) is 5.32 Å². The molecule has 1 aromatic rings. The quantitative estimate of drug-likeness (QED) is 0.820. The van der Waals surface area contributed by atoms with E-state index in [2.05, 4.69) is 10.6 Å². The van der Waals surface area contributed by atoms with Crippen LogP contribution in [-0.2, 0) is 9.59 Å². The van der Waals surface area contributed by atoms with E-state index >= 15 is 0 Å². The monoisotopic (exact) mass is 302 g/mol. The van der Waals surface area contributed by atoms with Crippen LogP contribution in [0.25, 0.3) is 0 Å². The maximum Gasteiger partial charge on any atom is 0.233 e. The molecule has 2 amide bonds. The van der Waals surface area contributed by atoms with Crippen molar-refractivity contribution in [2.45, 2.75) is 32.7 Å². The molecule has 1 rings (SSSR count). The molecule has 6 heteroatoms. The van der Waals surface area contributed by atoms with E-state index in [9.17, 15) is 9.59 Å². The van der Waals surface area contributed by atoms with Gasteiger partial charge in [-0.15, -0.1) is 0 Å². The molecule has 0 saturated carbocycles. The van der Waals surface area contributed by atoms with E-state index in [0.29, 0.717) is 15.7 Å². The van der Waals surface area contributed by atoms with Gasteiger partial charge in [0.25, 0.3) is 0 Å². The number of carbonyl (C=O) groups is 2. The molecule has 1 unspecified atom stereocenters. The summed E-state index contributed by atoms with van der Waals surface area (Å²) in [4.78, 5) is 23.2. The molecule has 0 aromatic heterocycles.